The van der Waals surface area contributed by atoms with Gasteiger partial charge in [-0.3, -0.25) is 9.40 Å². The van der Waals surface area contributed by atoms with E-state index in [1.807, 2.05) is 0 Å². The summed E-state index contributed by atoms with van der Waals surface area (Å²) in [4.78, 5) is -0.136. The molecule has 0 amide bonds. The Morgan fingerprint density at radius 2 is 1.95 bits per heavy atom. The summed E-state index contributed by atoms with van der Waals surface area (Å²) < 4.78 is 65.9. The zero-order chi connectivity index (χ0) is 16.7. The van der Waals surface area contributed by atoms with Gasteiger partial charge < -0.3 is 0 Å². The molecule has 1 heterocycles. The van der Waals surface area contributed by atoms with Crippen molar-refractivity contribution in [1.82, 2.24) is 9.78 Å². The van der Waals surface area contributed by atoms with E-state index in [9.17, 15) is 21.6 Å². The minimum absolute atomic E-state index is 0.136. The molecule has 5 nitrogen and oxygen atoms in total. The van der Waals surface area contributed by atoms with E-state index in [2.05, 4.69) is 9.82 Å². The summed E-state index contributed by atoms with van der Waals surface area (Å²) in [7, 11) is -2.55. The van der Waals surface area contributed by atoms with E-state index < -0.39 is 21.8 Å². The van der Waals surface area contributed by atoms with Crippen molar-refractivity contribution in [2.75, 3.05) is 4.72 Å². The minimum atomic E-state index is -4.60. The minimum Gasteiger partial charge on any atom is -0.278 e. The average Bonchev–Trinajstić information content (AvgIpc) is 2.72. The Morgan fingerprint density at radius 3 is 2.45 bits per heavy atom. The number of hydrogen-bond acceptors (Lipinski definition) is 3. The first kappa shape index (κ1) is 16.6. The van der Waals surface area contributed by atoms with E-state index >= 15 is 0 Å². The number of anilines is 1. The largest absolute Gasteiger partial charge is 0.416 e. The number of rotatable bonds is 3. The summed E-state index contributed by atoms with van der Waals surface area (Å²) in [6.07, 6.45) is -3.49. The van der Waals surface area contributed by atoms with Crippen molar-refractivity contribution in [2.24, 2.45) is 7.05 Å². The van der Waals surface area contributed by atoms with Gasteiger partial charge in [-0.05, 0) is 25.1 Å². The second-order valence-corrected chi connectivity index (χ2v) is 6.57. The highest BCUT2D eigenvalue weighted by atomic mass is 35.5. The number of halogens is 4. The molecule has 0 aliphatic carbocycles. The molecule has 0 aliphatic heterocycles. The summed E-state index contributed by atoms with van der Waals surface area (Å²) in [5.74, 6) is 0. The van der Waals surface area contributed by atoms with Crippen molar-refractivity contribution in [3.8, 4) is 0 Å². The van der Waals surface area contributed by atoms with Gasteiger partial charge >= 0.3 is 6.18 Å². The normalized spacial score (nSPS) is 12.5. The zero-order valence-electron chi connectivity index (χ0n) is 11.4. The summed E-state index contributed by atoms with van der Waals surface area (Å²) in [6.45, 7) is 1.52. The van der Waals surface area contributed by atoms with Crippen LogP contribution in [0.1, 0.15) is 11.3 Å². The van der Waals surface area contributed by atoms with Crippen molar-refractivity contribution >= 4 is 27.3 Å². The van der Waals surface area contributed by atoms with Crippen molar-refractivity contribution in [3.63, 3.8) is 0 Å². The molecule has 2 aromatic rings. The maximum Gasteiger partial charge on any atom is 0.416 e. The molecule has 22 heavy (non-hydrogen) atoms. The molecule has 0 fully saturated rings. The Balaban J connectivity index is 2.44. The quantitative estimate of drug-likeness (QED) is 0.921. The summed E-state index contributed by atoms with van der Waals surface area (Å²) in [5, 5.41) is 3.65. The third-order valence-electron chi connectivity index (χ3n) is 3.02. The molecule has 0 atom stereocenters. The molecule has 0 aliphatic rings. The fraction of sp³-hybridized carbons (Fsp3) is 0.250. The first-order valence-electron chi connectivity index (χ1n) is 5.90. The predicted molar refractivity (Wildman–Crippen MR) is 75.2 cm³/mol. The van der Waals surface area contributed by atoms with Gasteiger partial charge in [0.15, 0.2) is 0 Å². The molecule has 120 valence electrons. The average molecular weight is 354 g/mol. The van der Waals surface area contributed by atoms with E-state index in [1.165, 1.54) is 11.6 Å². The van der Waals surface area contributed by atoms with E-state index in [1.54, 1.807) is 7.05 Å². The van der Waals surface area contributed by atoms with Crippen LogP contribution in [0.2, 0.25) is 5.02 Å². The third-order valence-corrected chi connectivity index (χ3v) is 4.82. The van der Waals surface area contributed by atoms with Crippen LogP contribution in [0.3, 0.4) is 0 Å². The van der Waals surface area contributed by atoms with Crippen LogP contribution in [0.5, 0.6) is 0 Å². The number of sulfonamides is 1. The molecule has 1 aromatic heterocycles. The standard InChI is InChI=1S/C12H11ClF3N3O2S/c1-7-11(6-17-19(7)2)22(20,21)18-10-5-8(12(14,15)16)3-4-9(10)13/h3-6,18H,1-2H3. The molecule has 0 radical (unpaired) electrons. The number of aryl methyl sites for hydroxylation is 1. The van der Waals surface area contributed by atoms with Crippen molar-refractivity contribution in [3.05, 3.63) is 40.7 Å². The van der Waals surface area contributed by atoms with Gasteiger partial charge in [-0.1, -0.05) is 11.6 Å². The van der Waals surface area contributed by atoms with E-state index in [-0.39, 0.29) is 15.6 Å². The second kappa shape index (κ2) is 5.47. The Morgan fingerprint density at radius 1 is 1.32 bits per heavy atom. The Labute approximate surface area is 129 Å². The maximum atomic E-state index is 12.7. The lowest BCUT2D eigenvalue weighted by molar-refractivity contribution is -0.137. The van der Waals surface area contributed by atoms with Gasteiger partial charge in [-0.2, -0.15) is 18.3 Å². The molecule has 1 aromatic carbocycles. The van der Waals surface area contributed by atoms with Gasteiger partial charge in [0.2, 0.25) is 0 Å². The third kappa shape index (κ3) is 3.20. The fourth-order valence-electron chi connectivity index (χ4n) is 1.72. The summed E-state index contributed by atoms with van der Waals surface area (Å²) in [5.41, 5.74) is -1.01. The molecule has 0 spiro atoms. The van der Waals surface area contributed by atoms with E-state index in [0.29, 0.717) is 11.8 Å². The molecule has 0 saturated heterocycles. The van der Waals surface area contributed by atoms with Gasteiger partial charge in [-0.15, -0.1) is 0 Å². The molecule has 0 unspecified atom stereocenters. The molecule has 10 heteroatoms. The van der Waals surface area contributed by atoms with E-state index in [4.69, 9.17) is 11.6 Å². The molecule has 2 rings (SSSR count). The number of hydrogen-bond donors (Lipinski definition) is 1. The molecule has 1 N–H and O–H groups in total. The first-order chi connectivity index (χ1) is 10.0. The lowest BCUT2D eigenvalue weighted by atomic mass is 10.2. The van der Waals surface area contributed by atoms with Gasteiger partial charge in [-0.25, -0.2) is 8.42 Å². The second-order valence-electron chi connectivity index (χ2n) is 4.52. The maximum absolute atomic E-state index is 12.7. The van der Waals surface area contributed by atoms with Gasteiger partial charge in [0.1, 0.15) is 4.90 Å². The smallest absolute Gasteiger partial charge is 0.278 e. The molecular weight excluding hydrogens is 343 g/mol. The summed E-state index contributed by atoms with van der Waals surface area (Å²) >= 11 is 5.77. The first-order valence-corrected chi connectivity index (χ1v) is 7.76. The Hall–Kier alpha value is -1.74. The van der Waals surface area contributed by atoms with Gasteiger partial charge in [0, 0.05) is 7.05 Å². The highest BCUT2D eigenvalue weighted by Gasteiger charge is 2.31. The Bertz CT molecular complexity index is 816. The highest BCUT2D eigenvalue weighted by Crippen LogP contribution is 2.34. The molecule has 0 bridgehead atoms. The van der Waals surface area contributed by atoms with E-state index in [0.717, 1.165) is 18.3 Å². The monoisotopic (exact) mass is 353 g/mol. The van der Waals surface area contributed by atoms with Crippen LogP contribution >= 0.6 is 11.6 Å². The molecule has 0 saturated carbocycles. The highest BCUT2D eigenvalue weighted by molar-refractivity contribution is 7.92. The van der Waals surface area contributed by atoms with Gasteiger partial charge in [0.05, 0.1) is 28.2 Å². The zero-order valence-corrected chi connectivity index (χ0v) is 13.0. The van der Waals surface area contributed by atoms with Crippen LogP contribution in [0.4, 0.5) is 18.9 Å². The van der Waals surface area contributed by atoms with Crippen LogP contribution in [0.15, 0.2) is 29.3 Å². The van der Waals surface area contributed by atoms with Crippen LogP contribution in [-0.2, 0) is 23.2 Å². The summed E-state index contributed by atoms with van der Waals surface area (Å²) in [6, 6.07) is 2.40. The lowest BCUT2D eigenvalue weighted by Gasteiger charge is -2.12. The van der Waals surface area contributed by atoms with Crippen LogP contribution in [0.25, 0.3) is 0 Å². The van der Waals surface area contributed by atoms with Crippen LogP contribution in [0, 0.1) is 6.92 Å². The van der Waals surface area contributed by atoms with Crippen LogP contribution in [-0.4, -0.2) is 18.2 Å². The number of nitrogens with zero attached hydrogens (tertiary/aromatic N) is 2. The molecular formula is C12H11ClF3N3O2S. The van der Waals surface area contributed by atoms with Gasteiger partial charge in [0.25, 0.3) is 10.0 Å². The van der Waals surface area contributed by atoms with Crippen molar-refractivity contribution < 1.29 is 21.6 Å². The number of benzene rings is 1. The number of nitrogens with one attached hydrogen (secondary N) is 1. The number of alkyl halides is 3. The Kier molecular flexibility index (Phi) is 4.14. The van der Waals surface area contributed by atoms with Crippen molar-refractivity contribution in [2.45, 2.75) is 18.0 Å². The van der Waals surface area contributed by atoms with Crippen LogP contribution < -0.4 is 4.72 Å². The SMILES string of the molecule is Cc1c(S(=O)(=O)Nc2cc(C(F)(F)F)ccc2Cl)cnn1C. The predicted octanol–water partition coefficient (Wildman–Crippen LogP) is 3.20. The topological polar surface area (TPSA) is 64.0 Å². The fourth-order valence-corrected chi connectivity index (χ4v) is 3.22. The number of aromatic nitrogens is 2. The lowest BCUT2D eigenvalue weighted by Crippen LogP contribution is -2.15. The van der Waals surface area contributed by atoms with Crippen molar-refractivity contribution in [1.29, 1.82) is 0 Å².